The molecule has 156 valence electrons. The summed E-state index contributed by atoms with van der Waals surface area (Å²) in [5.41, 5.74) is 0.992. The quantitative estimate of drug-likeness (QED) is 0.283. The fraction of sp³-hybridized carbons (Fsp3) is 0.579. The number of fused-ring (bicyclic) bond motifs is 1. The third kappa shape index (κ3) is 5.56. The lowest BCUT2D eigenvalue weighted by Crippen LogP contribution is -2.46. The molecule has 0 aromatic heterocycles. The number of aliphatic imine (C=N–C) groups is 1. The van der Waals surface area contributed by atoms with Crippen LogP contribution in [0.25, 0.3) is 0 Å². The van der Waals surface area contributed by atoms with E-state index in [0.717, 1.165) is 37.5 Å². The van der Waals surface area contributed by atoms with E-state index in [2.05, 4.69) is 15.2 Å². The Morgan fingerprint density at radius 1 is 1.32 bits per heavy atom. The highest BCUT2D eigenvalue weighted by molar-refractivity contribution is 14.0. The number of esters is 1. The lowest BCUT2D eigenvalue weighted by Gasteiger charge is -2.33. The zero-order valence-corrected chi connectivity index (χ0v) is 19.3. The summed E-state index contributed by atoms with van der Waals surface area (Å²) in [5.74, 6) is 1.98. The topological polar surface area (TPSA) is 72.4 Å². The lowest BCUT2D eigenvalue weighted by atomic mass is 9.97. The molecular formula is C19H27ClIN3O4. The molecule has 0 atom stereocenters. The van der Waals surface area contributed by atoms with E-state index >= 15 is 0 Å². The molecule has 7 nitrogen and oxygen atoms in total. The number of benzene rings is 1. The monoisotopic (exact) mass is 523 g/mol. The van der Waals surface area contributed by atoms with E-state index in [9.17, 15) is 4.79 Å². The molecule has 1 fully saturated rings. The third-order valence-corrected chi connectivity index (χ3v) is 5.01. The van der Waals surface area contributed by atoms with Gasteiger partial charge in [-0.15, -0.1) is 24.0 Å². The Morgan fingerprint density at radius 2 is 2.04 bits per heavy atom. The highest BCUT2D eigenvalue weighted by Gasteiger charge is 2.27. The lowest BCUT2D eigenvalue weighted by molar-refractivity contribution is -0.149. The second-order valence-corrected chi connectivity index (χ2v) is 6.92. The second-order valence-electron chi connectivity index (χ2n) is 6.52. The molecule has 0 saturated carbocycles. The van der Waals surface area contributed by atoms with Crippen molar-refractivity contribution in [2.75, 3.05) is 40.0 Å². The van der Waals surface area contributed by atoms with Crippen LogP contribution in [0.4, 0.5) is 0 Å². The minimum absolute atomic E-state index is 0. The molecule has 0 bridgehead atoms. The van der Waals surface area contributed by atoms with Gasteiger partial charge in [-0.2, -0.15) is 0 Å². The van der Waals surface area contributed by atoms with Gasteiger partial charge in [-0.05, 0) is 37.5 Å². The first kappa shape index (κ1) is 22.9. The number of carbonyl (C=O) groups excluding carboxylic acids is 1. The SMILES string of the molecule is CCOC(=O)C1CCN(C(=NC)NCc2cc(Cl)c3c(c2)OCCO3)CC1.I. The molecule has 0 unspecified atom stereocenters. The molecular weight excluding hydrogens is 497 g/mol. The van der Waals surface area contributed by atoms with Gasteiger partial charge in [0, 0.05) is 26.7 Å². The standard InChI is InChI=1S/C19H26ClN3O4.HI/c1-3-25-18(24)14-4-6-23(7-5-14)19(21-2)22-12-13-10-15(20)17-16(11-13)26-8-9-27-17;/h10-11,14H,3-9,12H2,1-2H3,(H,21,22);1H. The van der Waals surface area contributed by atoms with Crippen LogP contribution >= 0.6 is 35.6 Å². The predicted molar refractivity (Wildman–Crippen MR) is 119 cm³/mol. The van der Waals surface area contributed by atoms with Crippen molar-refractivity contribution in [3.63, 3.8) is 0 Å². The fourth-order valence-electron chi connectivity index (χ4n) is 3.37. The zero-order chi connectivity index (χ0) is 19.2. The van der Waals surface area contributed by atoms with Crippen LogP contribution in [0, 0.1) is 5.92 Å². The van der Waals surface area contributed by atoms with Crippen molar-refractivity contribution in [2.45, 2.75) is 26.3 Å². The van der Waals surface area contributed by atoms with Gasteiger partial charge in [-0.3, -0.25) is 9.79 Å². The number of guanidine groups is 1. The number of nitrogens with one attached hydrogen (secondary N) is 1. The number of piperidine rings is 1. The van der Waals surface area contributed by atoms with Gasteiger partial charge in [0.25, 0.3) is 0 Å². The number of carbonyl (C=O) groups is 1. The van der Waals surface area contributed by atoms with Gasteiger partial charge >= 0.3 is 5.97 Å². The first-order valence-electron chi connectivity index (χ1n) is 9.32. The van der Waals surface area contributed by atoms with Crippen LogP contribution in [0.15, 0.2) is 17.1 Å². The smallest absolute Gasteiger partial charge is 0.309 e. The van der Waals surface area contributed by atoms with Crippen LogP contribution in [-0.2, 0) is 16.1 Å². The molecule has 1 aromatic carbocycles. The summed E-state index contributed by atoms with van der Waals surface area (Å²) in [5, 5.41) is 3.91. The summed E-state index contributed by atoms with van der Waals surface area (Å²) in [7, 11) is 1.76. The van der Waals surface area contributed by atoms with Crippen molar-refractivity contribution in [3.8, 4) is 11.5 Å². The Hall–Kier alpha value is -1.42. The molecule has 1 aromatic rings. The summed E-state index contributed by atoms with van der Waals surface area (Å²) in [6.07, 6.45) is 1.55. The van der Waals surface area contributed by atoms with Crippen LogP contribution in [0.2, 0.25) is 5.02 Å². The van der Waals surface area contributed by atoms with E-state index in [1.165, 1.54) is 0 Å². The van der Waals surface area contributed by atoms with Gasteiger partial charge in [0.1, 0.15) is 13.2 Å². The van der Waals surface area contributed by atoms with Crippen LogP contribution in [-0.4, -0.2) is 56.8 Å². The number of halogens is 2. The number of hydrogen-bond acceptors (Lipinski definition) is 5. The van der Waals surface area contributed by atoms with E-state index in [1.54, 1.807) is 7.05 Å². The maximum Gasteiger partial charge on any atom is 0.309 e. The van der Waals surface area contributed by atoms with Crippen molar-refractivity contribution >= 4 is 47.5 Å². The molecule has 2 aliphatic heterocycles. The maximum atomic E-state index is 11.9. The Labute approximate surface area is 187 Å². The third-order valence-electron chi connectivity index (χ3n) is 4.73. The van der Waals surface area contributed by atoms with Crippen LogP contribution in [0.3, 0.4) is 0 Å². The number of hydrogen-bond donors (Lipinski definition) is 1. The second kappa shape index (κ2) is 10.9. The molecule has 0 amide bonds. The molecule has 0 spiro atoms. The van der Waals surface area contributed by atoms with E-state index in [1.807, 2.05) is 19.1 Å². The van der Waals surface area contributed by atoms with Gasteiger partial charge in [0.15, 0.2) is 17.5 Å². The van der Waals surface area contributed by atoms with Gasteiger partial charge in [-0.25, -0.2) is 0 Å². The molecule has 1 saturated heterocycles. The zero-order valence-electron chi connectivity index (χ0n) is 16.2. The Balaban J connectivity index is 0.00000280. The Bertz CT molecular complexity index is 709. The van der Waals surface area contributed by atoms with Crippen LogP contribution in [0.1, 0.15) is 25.3 Å². The van der Waals surface area contributed by atoms with Gasteiger partial charge < -0.3 is 24.4 Å². The summed E-state index contributed by atoms with van der Waals surface area (Å²) in [4.78, 5) is 18.4. The normalized spacial score (nSPS) is 17.0. The van der Waals surface area contributed by atoms with Crippen molar-refractivity contribution in [3.05, 3.63) is 22.7 Å². The van der Waals surface area contributed by atoms with Crippen molar-refractivity contribution in [1.29, 1.82) is 0 Å². The van der Waals surface area contributed by atoms with Gasteiger partial charge in [-0.1, -0.05) is 11.6 Å². The summed E-state index contributed by atoms with van der Waals surface area (Å²) < 4.78 is 16.3. The molecule has 2 heterocycles. The summed E-state index contributed by atoms with van der Waals surface area (Å²) in [6.45, 7) is 5.41. The Morgan fingerprint density at radius 3 is 2.71 bits per heavy atom. The number of likely N-dealkylation sites (tertiary alicyclic amines) is 1. The van der Waals surface area contributed by atoms with Crippen molar-refractivity contribution in [1.82, 2.24) is 10.2 Å². The average Bonchev–Trinajstić information content (AvgIpc) is 2.69. The van der Waals surface area contributed by atoms with Crippen LogP contribution in [0.5, 0.6) is 11.5 Å². The molecule has 0 aliphatic carbocycles. The maximum absolute atomic E-state index is 11.9. The molecule has 1 N–H and O–H groups in total. The van der Waals surface area contributed by atoms with Crippen molar-refractivity contribution in [2.24, 2.45) is 10.9 Å². The minimum atomic E-state index is -0.0917. The molecule has 3 rings (SSSR count). The molecule has 0 radical (unpaired) electrons. The number of ether oxygens (including phenoxy) is 3. The first-order valence-corrected chi connectivity index (χ1v) is 9.70. The number of rotatable bonds is 4. The van der Waals surface area contributed by atoms with E-state index in [-0.39, 0.29) is 35.9 Å². The van der Waals surface area contributed by atoms with Gasteiger partial charge in [0.05, 0.1) is 17.5 Å². The van der Waals surface area contributed by atoms with Crippen LogP contribution < -0.4 is 14.8 Å². The predicted octanol–water partition coefficient (Wildman–Crippen LogP) is 3.08. The number of nitrogens with zero attached hydrogens (tertiary/aromatic N) is 2. The van der Waals surface area contributed by atoms with Crippen molar-refractivity contribution < 1.29 is 19.0 Å². The average molecular weight is 524 g/mol. The highest BCUT2D eigenvalue weighted by Crippen LogP contribution is 2.38. The summed E-state index contributed by atoms with van der Waals surface area (Å²) in [6, 6.07) is 3.82. The Kier molecular flexibility index (Phi) is 8.94. The largest absolute Gasteiger partial charge is 0.486 e. The van der Waals surface area contributed by atoms with Gasteiger partial charge in [0.2, 0.25) is 0 Å². The fourth-order valence-corrected chi connectivity index (χ4v) is 3.65. The highest BCUT2D eigenvalue weighted by atomic mass is 127. The van der Waals surface area contributed by atoms with E-state index < -0.39 is 0 Å². The first-order chi connectivity index (χ1) is 13.1. The molecule has 28 heavy (non-hydrogen) atoms. The van der Waals surface area contributed by atoms with E-state index in [0.29, 0.717) is 42.9 Å². The molecule has 2 aliphatic rings. The summed E-state index contributed by atoms with van der Waals surface area (Å²) >= 11 is 6.30. The minimum Gasteiger partial charge on any atom is -0.486 e. The molecule has 9 heteroatoms. The van der Waals surface area contributed by atoms with E-state index in [4.69, 9.17) is 25.8 Å².